The molecule has 1 aliphatic carbocycles. The van der Waals surface area contributed by atoms with Crippen LogP contribution in [0, 0.1) is 12.8 Å². The molecule has 0 spiro atoms. The molecule has 132 valence electrons. The molecule has 3 N–H and O–H groups in total. The summed E-state index contributed by atoms with van der Waals surface area (Å²) in [6.45, 7) is 3.13. The molecule has 0 aromatic heterocycles. The van der Waals surface area contributed by atoms with Gasteiger partial charge in [0.25, 0.3) is 5.91 Å². The first-order valence-electron chi connectivity index (χ1n) is 8.96. The molecular weight excluding hydrogens is 312 g/mol. The van der Waals surface area contributed by atoms with E-state index in [0.29, 0.717) is 30.4 Å². The van der Waals surface area contributed by atoms with E-state index in [1.54, 1.807) is 0 Å². The van der Waals surface area contributed by atoms with Gasteiger partial charge in [0.15, 0.2) is 0 Å². The molecule has 0 saturated heterocycles. The van der Waals surface area contributed by atoms with Crippen LogP contribution in [0.1, 0.15) is 40.7 Å². The van der Waals surface area contributed by atoms with Gasteiger partial charge >= 0.3 is 0 Å². The Labute approximate surface area is 149 Å². The van der Waals surface area contributed by atoms with E-state index in [9.17, 15) is 4.79 Å². The normalized spacial score (nSPS) is 19.6. The second-order valence-electron chi connectivity index (χ2n) is 6.72. The second kappa shape index (κ2) is 8.17. The van der Waals surface area contributed by atoms with E-state index in [0.717, 1.165) is 24.8 Å². The molecule has 0 heterocycles. The highest BCUT2D eigenvalue weighted by atomic mass is 16.5. The minimum atomic E-state index is -0.0780. The Kier molecular flexibility index (Phi) is 5.71. The van der Waals surface area contributed by atoms with Gasteiger partial charge in [-0.15, -0.1) is 0 Å². The summed E-state index contributed by atoms with van der Waals surface area (Å²) < 4.78 is 5.96. The average Bonchev–Trinajstić information content (AvgIpc) is 3.08. The summed E-state index contributed by atoms with van der Waals surface area (Å²) in [5.41, 5.74) is 8.70. The number of carbonyl (C=O) groups is 1. The van der Waals surface area contributed by atoms with Crippen molar-refractivity contribution in [1.82, 2.24) is 5.32 Å². The number of hydrogen-bond acceptors (Lipinski definition) is 3. The van der Waals surface area contributed by atoms with E-state index < -0.39 is 0 Å². The van der Waals surface area contributed by atoms with Crippen LogP contribution >= 0.6 is 0 Å². The molecule has 1 aliphatic rings. The minimum Gasteiger partial charge on any atom is -0.488 e. The monoisotopic (exact) mass is 338 g/mol. The lowest BCUT2D eigenvalue weighted by atomic mass is 10.0. The van der Waals surface area contributed by atoms with Gasteiger partial charge < -0.3 is 15.8 Å². The van der Waals surface area contributed by atoms with Crippen LogP contribution in [0.2, 0.25) is 0 Å². The summed E-state index contributed by atoms with van der Waals surface area (Å²) in [4.78, 5) is 12.7. The van der Waals surface area contributed by atoms with Gasteiger partial charge in [-0.2, -0.15) is 0 Å². The van der Waals surface area contributed by atoms with E-state index in [4.69, 9.17) is 10.5 Å². The molecule has 1 fully saturated rings. The van der Waals surface area contributed by atoms with Crippen molar-refractivity contribution in [2.45, 2.75) is 38.8 Å². The number of hydrogen-bond donors (Lipinski definition) is 2. The van der Waals surface area contributed by atoms with E-state index in [-0.39, 0.29) is 11.9 Å². The third-order valence-electron chi connectivity index (χ3n) is 5.05. The number of carbonyl (C=O) groups excluding carboxylic acids is 1. The second-order valence-corrected chi connectivity index (χ2v) is 6.72. The summed E-state index contributed by atoms with van der Waals surface area (Å²) in [6, 6.07) is 15.7. The smallest absolute Gasteiger partial charge is 0.255 e. The molecule has 0 radical (unpaired) electrons. The summed E-state index contributed by atoms with van der Waals surface area (Å²) >= 11 is 0. The molecule has 2 unspecified atom stereocenters. The van der Waals surface area contributed by atoms with Gasteiger partial charge in [-0.1, -0.05) is 42.8 Å². The van der Waals surface area contributed by atoms with Gasteiger partial charge in [-0.05, 0) is 55.5 Å². The third kappa shape index (κ3) is 4.20. The molecular formula is C21H26N2O2. The Bertz CT molecular complexity index is 729. The third-order valence-corrected chi connectivity index (χ3v) is 5.05. The number of aryl methyl sites for hydroxylation is 1. The molecule has 0 bridgehead atoms. The fraction of sp³-hybridized carbons (Fsp3) is 0.381. The average molecular weight is 338 g/mol. The lowest BCUT2D eigenvalue weighted by Gasteiger charge is -2.20. The van der Waals surface area contributed by atoms with E-state index in [1.807, 2.05) is 42.5 Å². The molecule has 2 aromatic rings. The van der Waals surface area contributed by atoms with Gasteiger partial charge in [0, 0.05) is 6.04 Å². The van der Waals surface area contributed by atoms with Crippen molar-refractivity contribution in [1.29, 1.82) is 0 Å². The Morgan fingerprint density at radius 3 is 2.72 bits per heavy atom. The number of rotatable bonds is 6. The van der Waals surface area contributed by atoms with Crippen molar-refractivity contribution in [3.8, 4) is 5.75 Å². The summed E-state index contributed by atoms with van der Waals surface area (Å²) in [7, 11) is 0. The highest BCUT2D eigenvalue weighted by Gasteiger charge is 2.28. The fourth-order valence-corrected chi connectivity index (χ4v) is 3.46. The summed E-state index contributed by atoms with van der Waals surface area (Å²) in [5.74, 6) is 0.917. The van der Waals surface area contributed by atoms with Gasteiger partial charge in [-0.25, -0.2) is 0 Å². The molecule has 2 atom stereocenters. The molecule has 4 heteroatoms. The number of nitrogens with one attached hydrogen (secondary N) is 1. The Hall–Kier alpha value is -2.33. The Balaban J connectivity index is 1.70. The molecule has 25 heavy (non-hydrogen) atoms. The highest BCUT2D eigenvalue weighted by molar-refractivity contribution is 5.97. The number of ether oxygens (including phenoxy) is 1. The molecule has 3 rings (SSSR count). The lowest BCUT2D eigenvalue weighted by molar-refractivity contribution is 0.0924. The molecule has 4 nitrogen and oxygen atoms in total. The standard InChI is InChI=1S/C21H26N2O2/c1-15-7-2-3-8-17(15)14-25-20-12-5-4-10-18(20)21(24)23-19-11-6-9-16(19)13-22/h2-5,7-8,10,12,16,19H,6,9,11,13-14,22H2,1H3,(H,23,24). The van der Waals surface area contributed by atoms with Crippen molar-refractivity contribution in [2.75, 3.05) is 6.54 Å². The Morgan fingerprint density at radius 2 is 1.92 bits per heavy atom. The maximum atomic E-state index is 12.7. The first kappa shape index (κ1) is 17.5. The van der Waals surface area contributed by atoms with Gasteiger partial charge in [-0.3, -0.25) is 4.79 Å². The summed E-state index contributed by atoms with van der Waals surface area (Å²) in [5, 5.41) is 3.15. The summed E-state index contributed by atoms with van der Waals surface area (Å²) in [6.07, 6.45) is 3.21. The lowest BCUT2D eigenvalue weighted by Crippen LogP contribution is -2.40. The largest absolute Gasteiger partial charge is 0.488 e. The molecule has 1 saturated carbocycles. The first-order chi connectivity index (χ1) is 12.2. The Morgan fingerprint density at radius 1 is 1.16 bits per heavy atom. The molecule has 1 amide bonds. The van der Waals surface area contributed by atoms with Crippen LogP contribution in [0.5, 0.6) is 5.75 Å². The van der Waals surface area contributed by atoms with Crippen LogP contribution < -0.4 is 15.8 Å². The zero-order chi connectivity index (χ0) is 17.6. The van der Waals surface area contributed by atoms with Crippen LogP contribution in [-0.4, -0.2) is 18.5 Å². The highest BCUT2D eigenvalue weighted by Crippen LogP contribution is 2.26. The van der Waals surface area contributed by atoms with E-state index >= 15 is 0 Å². The van der Waals surface area contributed by atoms with Crippen molar-refractivity contribution < 1.29 is 9.53 Å². The predicted molar refractivity (Wildman–Crippen MR) is 99.6 cm³/mol. The van der Waals surface area contributed by atoms with Crippen LogP contribution in [-0.2, 0) is 6.61 Å². The van der Waals surface area contributed by atoms with Crippen LogP contribution in [0.25, 0.3) is 0 Å². The van der Waals surface area contributed by atoms with Crippen LogP contribution in [0.15, 0.2) is 48.5 Å². The molecule has 2 aromatic carbocycles. The fourth-order valence-electron chi connectivity index (χ4n) is 3.46. The van der Waals surface area contributed by atoms with Crippen molar-refractivity contribution in [2.24, 2.45) is 11.7 Å². The zero-order valence-corrected chi connectivity index (χ0v) is 14.7. The van der Waals surface area contributed by atoms with Crippen molar-refractivity contribution in [3.63, 3.8) is 0 Å². The predicted octanol–water partition coefficient (Wildman–Crippen LogP) is 3.43. The quantitative estimate of drug-likeness (QED) is 0.848. The minimum absolute atomic E-state index is 0.0780. The SMILES string of the molecule is Cc1ccccc1COc1ccccc1C(=O)NC1CCCC1CN. The number of para-hydroxylation sites is 1. The van der Waals surface area contributed by atoms with Gasteiger partial charge in [0.05, 0.1) is 5.56 Å². The van der Waals surface area contributed by atoms with Gasteiger partial charge in [0.2, 0.25) is 0 Å². The maximum Gasteiger partial charge on any atom is 0.255 e. The number of nitrogens with two attached hydrogens (primary N) is 1. The molecule has 0 aliphatic heterocycles. The van der Waals surface area contributed by atoms with Gasteiger partial charge in [0.1, 0.15) is 12.4 Å². The zero-order valence-electron chi connectivity index (χ0n) is 14.7. The van der Waals surface area contributed by atoms with E-state index in [1.165, 1.54) is 5.56 Å². The van der Waals surface area contributed by atoms with Crippen LogP contribution in [0.3, 0.4) is 0 Å². The number of amides is 1. The van der Waals surface area contributed by atoms with E-state index in [2.05, 4.69) is 18.3 Å². The number of benzene rings is 2. The van der Waals surface area contributed by atoms with Crippen molar-refractivity contribution in [3.05, 3.63) is 65.2 Å². The topological polar surface area (TPSA) is 64.3 Å². The van der Waals surface area contributed by atoms with Crippen LogP contribution in [0.4, 0.5) is 0 Å². The maximum absolute atomic E-state index is 12.7. The first-order valence-corrected chi connectivity index (χ1v) is 8.96. The van der Waals surface area contributed by atoms with Crippen molar-refractivity contribution >= 4 is 5.91 Å².